The van der Waals surface area contributed by atoms with Crippen LogP contribution in [0, 0.1) is 30.7 Å². The van der Waals surface area contributed by atoms with E-state index in [4.69, 9.17) is 11.5 Å². The minimum Gasteiger partial charge on any atom is -0.672 e. The Balaban J connectivity index is 0. The first-order valence-electron chi connectivity index (χ1n) is 5.71. The molecule has 0 aliphatic rings. The number of hydrogen-bond donors (Lipinski definition) is 0. The van der Waals surface area contributed by atoms with Crippen molar-refractivity contribution in [2.24, 2.45) is 0 Å². The first-order valence-corrected chi connectivity index (χ1v) is 5.71. The molecule has 2 rings (SSSR count). The van der Waals surface area contributed by atoms with Crippen molar-refractivity contribution in [1.82, 2.24) is 0 Å². The van der Waals surface area contributed by atoms with Gasteiger partial charge in [0.15, 0.2) is 0 Å². The predicted molar refractivity (Wildman–Crippen MR) is 76.9 cm³/mol. The molecule has 0 amide bonds. The van der Waals surface area contributed by atoms with Gasteiger partial charge in [0.2, 0.25) is 0 Å². The maximum absolute atomic E-state index is 13.1. The van der Waals surface area contributed by atoms with Crippen molar-refractivity contribution in [3.05, 3.63) is 89.7 Å². The van der Waals surface area contributed by atoms with E-state index in [1.807, 2.05) is 0 Å². The van der Waals surface area contributed by atoms with Crippen molar-refractivity contribution in [2.45, 2.75) is 12.1 Å². The van der Waals surface area contributed by atoms with Gasteiger partial charge in [-0.3, -0.25) is 0 Å². The quantitative estimate of drug-likeness (QED) is 0.425. The molecule has 0 unspecified atom stereocenters. The van der Waals surface area contributed by atoms with Gasteiger partial charge in [-0.05, 0) is 24.3 Å². The van der Waals surface area contributed by atoms with Crippen molar-refractivity contribution in [1.29, 1.82) is 0 Å². The number of rotatable bonds is 3. The van der Waals surface area contributed by atoms with Gasteiger partial charge in [0.25, 0.3) is 0 Å². The molecular formula is C15H15F4IrN2O. The van der Waals surface area contributed by atoms with E-state index in [9.17, 15) is 17.6 Å². The molecule has 8 heteroatoms. The molecule has 2 aromatic rings. The van der Waals surface area contributed by atoms with Crippen molar-refractivity contribution < 1.29 is 43.1 Å². The fraction of sp³-hybridized carbons (Fsp3) is 0.133. The predicted octanol–water partition coefficient (Wildman–Crippen LogP) is 4.75. The third kappa shape index (κ3) is 6.01. The van der Waals surface area contributed by atoms with Crippen molar-refractivity contribution in [3.63, 3.8) is 0 Å². The molecule has 0 fully saturated rings. The molecule has 0 saturated heterocycles. The second-order valence-electron chi connectivity index (χ2n) is 4.36. The van der Waals surface area contributed by atoms with Crippen LogP contribution in [-0.2, 0) is 20.1 Å². The van der Waals surface area contributed by atoms with E-state index in [0.29, 0.717) is 12.1 Å². The minimum absolute atomic E-state index is 0. The molecule has 4 N–H and O–H groups in total. The summed E-state index contributed by atoms with van der Waals surface area (Å²) in [6, 6.07) is 2.29. The molecule has 0 aliphatic heterocycles. The van der Waals surface area contributed by atoms with Crippen LogP contribution >= 0.6 is 0 Å². The molecule has 2 aromatic carbocycles. The van der Waals surface area contributed by atoms with Gasteiger partial charge in [0, 0.05) is 12.1 Å². The largest absolute Gasteiger partial charge is 3.00 e. The molecule has 0 radical (unpaired) electrons. The molecule has 3 nitrogen and oxygen atoms in total. The molecule has 0 aromatic heterocycles. The molecule has 0 spiro atoms. The first kappa shape index (κ1) is 23.9. The SMILES string of the molecule is O.[CH3-].[Ir+3].[NH-][C@H](c1cc(F)cc(F)c1)[C@H]([NH-])c1cc(F)cc(F)c1. The number of halogens is 4. The normalized spacial score (nSPS) is 12.3. The average molecular weight is 508 g/mol. The van der Waals surface area contributed by atoms with E-state index in [0.717, 1.165) is 24.3 Å². The van der Waals surface area contributed by atoms with E-state index in [2.05, 4.69) is 0 Å². The van der Waals surface area contributed by atoms with E-state index in [1.54, 1.807) is 0 Å². The average Bonchev–Trinajstić information content (AvgIpc) is 2.34. The van der Waals surface area contributed by atoms with Crippen LogP contribution < -0.4 is 0 Å². The Morgan fingerprint density at radius 2 is 0.826 bits per heavy atom. The molecular weight excluding hydrogens is 492 g/mol. The van der Waals surface area contributed by atoms with Gasteiger partial charge < -0.3 is 24.4 Å². The molecule has 128 valence electrons. The van der Waals surface area contributed by atoms with Gasteiger partial charge in [-0.2, -0.15) is 0 Å². The fourth-order valence-corrected chi connectivity index (χ4v) is 1.89. The summed E-state index contributed by atoms with van der Waals surface area (Å²) in [6.07, 6.45) is 0. The van der Waals surface area contributed by atoms with Crippen LogP contribution in [0.15, 0.2) is 36.4 Å². The van der Waals surface area contributed by atoms with E-state index >= 15 is 0 Å². The molecule has 0 aliphatic carbocycles. The summed E-state index contributed by atoms with van der Waals surface area (Å²) in [5, 5.41) is 0. The summed E-state index contributed by atoms with van der Waals surface area (Å²) >= 11 is 0. The smallest absolute Gasteiger partial charge is 0.672 e. The van der Waals surface area contributed by atoms with Gasteiger partial charge in [-0.15, -0.1) is 12.1 Å². The Bertz CT molecular complexity index is 547. The van der Waals surface area contributed by atoms with Gasteiger partial charge >= 0.3 is 20.1 Å². The zero-order chi connectivity index (χ0) is 14.9. The maximum Gasteiger partial charge on any atom is 3.00 e. The van der Waals surface area contributed by atoms with Crippen LogP contribution in [0.5, 0.6) is 0 Å². The molecule has 0 saturated carbocycles. The van der Waals surface area contributed by atoms with E-state index in [-0.39, 0.29) is 44.1 Å². The Morgan fingerprint density at radius 3 is 1.04 bits per heavy atom. The first-order chi connectivity index (χ1) is 9.36. The van der Waals surface area contributed by atoms with Crippen molar-refractivity contribution >= 4 is 0 Å². The molecule has 0 heterocycles. The van der Waals surface area contributed by atoms with Gasteiger partial charge in [-0.25, -0.2) is 17.6 Å². The molecule has 2 atom stereocenters. The van der Waals surface area contributed by atoms with Crippen LogP contribution in [0.2, 0.25) is 0 Å². The van der Waals surface area contributed by atoms with Crippen LogP contribution in [0.4, 0.5) is 17.6 Å². The molecule has 23 heavy (non-hydrogen) atoms. The third-order valence-electron chi connectivity index (χ3n) is 2.82. The van der Waals surface area contributed by atoms with E-state index in [1.165, 1.54) is 0 Å². The summed E-state index contributed by atoms with van der Waals surface area (Å²) < 4.78 is 52.3. The maximum atomic E-state index is 13.1. The minimum atomic E-state index is -1.36. The number of benzene rings is 2. The summed E-state index contributed by atoms with van der Waals surface area (Å²) in [4.78, 5) is 0. The monoisotopic (exact) mass is 508 g/mol. The summed E-state index contributed by atoms with van der Waals surface area (Å²) in [6.45, 7) is 0. The Labute approximate surface area is 145 Å². The van der Waals surface area contributed by atoms with E-state index < -0.39 is 35.4 Å². The van der Waals surface area contributed by atoms with Gasteiger partial charge in [0.05, 0.1) is 0 Å². The second kappa shape index (κ2) is 9.74. The standard InChI is InChI=1S/C14H10F4N2.CH3.Ir.H2O/c15-9-1-7(2-10(16)5-9)13(19)14(20)8-3-11(17)6-12(18)4-8;;;/h1-6,13-14,19-20H;1H3;;1H2/q-2;-1;+3;/t13-,14-;;;/m1.../s1. The van der Waals surface area contributed by atoms with Crippen LogP contribution in [0.1, 0.15) is 23.2 Å². The van der Waals surface area contributed by atoms with Crippen molar-refractivity contribution in [3.8, 4) is 0 Å². The summed E-state index contributed by atoms with van der Waals surface area (Å²) in [7, 11) is 0. The Hall–Kier alpha value is -1.31. The van der Waals surface area contributed by atoms with Gasteiger partial charge in [0.1, 0.15) is 23.3 Å². The van der Waals surface area contributed by atoms with Crippen molar-refractivity contribution in [2.75, 3.05) is 0 Å². The summed E-state index contributed by atoms with van der Waals surface area (Å²) in [5.74, 6) is -3.46. The fourth-order valence-electron chi connectivity index (χ4n) is 1.89. The van der Waals surface area contributed by atoms with Gasteiger partial charge in [-0.1, -0.05) is 11.1 Å². The number of nitrogens with one attached hydrogen (secondary N) is 2. The number of hydrogen-bond acceptors (Lipinski definition) is 0. The van der Waals surface area contributed by atoms with Crippen LogP contribution in [-0.4, -0.2) is 5.48 Å². The summed E-state index contributed by atoms with van der Waals surface area (Å²) in [5.41, 5.74) is 15.5. The molecule has 0 bridgehead atoms. The topological polar surface area (TPSA) is 79.1 Å². The zero-order valence-electron chi connectivity index (χ0n) is 12.0. The Kier molecular flexibility index (Phi) is 10.1. The van der Waals surface area contributed by atoms with Crippen LogP contribution in [0.3, 0.4) is 0 Å². The van der Waals surface area contributed by atoms with Crippen LogP contribution in [0.25, 0.3) is 11.5 Å². The third-order valence-corrected chi connectivity index (χ3v) is 2.82. The second-order valence-corrected chi connectivity index (χ2v) is 4.36. The Morgan fingerprint density at radius 1 is 0.609 bits per heavy atom. The zero-order valence-corrected chi connectivity index (χ0v) is 14.4.